The first-order valence-electron chi connectivity index (χ1n) is 8.55. The summed E-state index contributed by atoms with van der Waals surface area (Å²) in [6.45, 7) is 0.608. The summed E-state index contributed by atoms with van der Waals surface area (Å²) >= 11 is 0. The van der Waals surface area contributed by atoms with Crippen LogP contribution in [0.1, 0.15) is 17.0 Å². The highest BCUT2D eigenvalue weighted by Gasteiger charge is 2.48. The molecule has 5 nitrogen and oxygen atoms in total. The van der Waals surface area contributed by atoms with Crippen LogP contribution in [0.5, 0.6) is 0 Å². The van der Waals surface area contributed by atoms with Crippen molar-refractivity contribution in [3.8, 4) is 0 Å². The fraction of sp³-hybridized carbons (Fsp3) is 0.350. The van der Waals surface area contributed by atoms with E-state index in [1.807, 2.05) is 60.7 Å². The van der Waals surface area contributed by atoms with Gasteiger partial charge < -0.3 is 19.9 Å². The summed E-state index contributed by atoms with van der Waals surface area (Å²) in [5.74, 6) is -0.482. The molecule has 0 bridgehead atoms. The lowest BCUT2D eigenvalue weighted by Gasteiger charge is -2.22. The van der Waals surface area contributed by atoms with E-state index >= 15 is 0 Å². The van der Waals surface area contributed by atoms with Crippen LogP contribution in [0, 0.1) is 0 Å². The highest BCUT2D eigenvalue weighted by atomic mass is 16.6. The number of benzene rings is 2. The van der Waals surface area contributed by atoms with E-state index in [1.54, 1.807) is 0 Å². The third-order valence-corrected chi connectivity index (χ3v) is 4.88. The minimum absolute atomic E-state index is 0.0864. The van der Waals surface area contributed by atoms with Crippen molar-refractivity contribution < 1.29 is 19.4 Å². The van der Waals surface area contributed by atoms with Crippen molar-refractivity contribution in [3.05, 3.63) is 71.8 Å². The van der Waals surface area contributed by atoms with Gasteiger partial charge in [0.2, 0.25) is 5.91 Å². The molecule has 2 aromatic rings. The van der Waals surface area contributed by atoms with Gasteiger partial charge in [-0.05, 0) is 11.1 Å². The second kappa shape index (κ2) is 6.96. The zero-order chi connectivity index (χ0) is 17.2. The van der Waals surface area contributed by atoms with E-state index in [0.29, 0.717) is 6.61 Å². The zero-order valence-electron chi connectivity index (χ0n) is 13.7. The number of aliphatic hydroxyl groups excluding tert-OH is 1. The molecule has 5 heteroatoms. The molecule has 0 aliphatic carbocycles. The normalized spacial score (nSPS) is 28.1. The van der Waals surface area contributed by atoms with Gasteiger partial charge in [-0.15, -0.1) is 0 Å². The summed E-state index contributed by atoms with van der Waals surface area (Å²) < 4.78 is 11.2. The maximum absolute atomic E-state index is 13.1. The van der Waals surface area contributed by atoms with Gasteiger partial charge in [0.25, 0.3) is 0 Å². The Labute approximate surface area is 146 Å². The van der Waals surface area contributed by atoms with E-state index < -0.39 is 12.0 Å². The average Bonchev–Trinajstić information content (AvgIpc) is 3.21. The van der Waals surface area contributed by atoms with E-state index in [-0.39, 0.29) is 30.8 Å². The number of hydrogen-bond acceptors (Lipinski definition) is 4. The monoisotopic (exact) mass is 339 g/mol. The van der Waals surface area contributed by atoms with Crippen molar-refractivity contribution in [2.75, 3.05) is 13.2 Å². The summed E-state index contributed by atoms with van der Waals surface area (Å²) in [6, 6.07) is 19.2. The Morgan fingerprint density at radius 2 is 1.48 bits per heavy atom. The third-order valence-electron chi connectivity index (χ3n) is 4.88. The Morgan fingerprint density at radius 1 is 0.920 bits per heavy atom. The minimum Gasteiger partial charge on any atom is -0.388 e. The molecule has 4 atom stereocenters. The van der Waals surface area contributed by atoms with Crippen molar-refractivity contribution in [2.45, 2.75) is 30.3 Å². The van der Waals surface area contributed by atoms with Gasteiger partial charge >= 0.3 is 0 Å². The number of carbonyl (C=O) groups is 1. The second-order valence-corrected chi connectivity index (χ2v) is 6.53. The standard InChI is InChI=1S/C20H21NO4/c22-16-12-25-18-15(11-24-19(16)18)21-20(23)17(13-7-3-1-4-8-13)14-9-5-2-6-10-14/h1-10,15-19,22H,11-12H2,(H,21,23)/t15-,16-,18-,19-/m1/s1. The Balaban J connectivity index is 1.57. The largest absolute Gasteiger partial charge is 0.388 e. The van der Waals surface area contributed by atoms with Gasteiger partial charge in [-0.25, -0.2) is 0 Å². The van der Waals surface area contributed by atoms with Gasteiger partial charge in [-0.2, -0.15) is 0 Å². The lowest BCUT2D eigenvalue weighted by atomic mass is 9.90. The van der Waals surface area contributed by atoms with Crippen LogP contribution >= 0.6 is 0 Å². The summed E-state index contributed by atoms with van der Waals surface area (Å²) in [7, 11) is 0. The van der Waals surface area contributed by atoms with Crippen LogP contribution in [0.2, 0.25) is 0 Å². The van der Waals surface area contributed by atoms with Crippen LogP contribution in [0.3, 0.4) is 0 Å². The topological polar surface area (TPSA) is 67.8 Å². The smallest absolute Gasteiger partial charge is 0.232 e. The molecule has 130 valence electrons. The molecule has 2 aromatic carbocycles. The number of amides is 1. The Kier molecular flexibility index (Phi) is 4.53. The van der Waals surface area contributed by atoms with E-state index in [1.165, 1.54) is 0 Å². The highest BCUT2D eigenvalue weighted by molar-refractivity contribution is 5.87. The Bertz CT molecular complexity index is 681. The maximum atomic E-state index is 13.1. The molecule has 0 unspecified atom stereocenters. The molecule has 2 heterocycles. The number of ether oxygens (including phenoxy) is 2. The van der Waals surface area contributed by atoms with Crippen LogP contribution in [0.15, 0.2) is 60.7 Å². The van der Waals surface area contributed by atoms with Crippen LogP contribution in [0.25, 0.3) is 0 Å². The molecule has 4 rings (SSSR count). The summed E-state index contributed by atoms with van der Waals surface area (Å²) in [5.41, 5.74) is 1.88. The lowest BCUT2D eigenvalue weighted by Crippen LogP contribution is -2.46. The van der Waals surface area contributed by atoms with Gasteiger partial charge in [-0.3, -0.25) is 4.79 Å². The molecular formula is C20H21NO4. The summed E-state index contributed by atoms with van der Waals surface area (Å²) in [5, 5.41) is 12.9. The van der Waals surface area contributed by atoms with Crippen molar-refractivity contribution in [1.82, 2.24) is 5.32 Å². The number of hydrogen-bond donors (Lipinski definition) is 2. The molecule has 25 heavy (non-hydrogen) atoms. The molecule has 2 fully saturated rings. The summed E-state index contributed by atoms with van der Waals surface area (Å²) in [4.78, 5) is 13.1. The van der Waals surface area contributed by atoms with Gasteiger partial charge in [-0.1, -0.05) is 60.7 Å². The Hall–Kier alpha value is -2.21. The molecule has 0 saturated carbocycles. The second-order valence-electron chi connectivity index (χ2n) is 6.53. The van der Waals surface area contributed by atoms with Gasteiger partial charge in [0.1, 0.15) is 18.3 Å². The van der Waals surface area contributed by atoms with Crippen molar-refractivity contribution in [1.29, 1.82) is 0 Å². The van der Waals surface area contributed by atoms with Crippen LogP contribution in [0.4, 0.5) is 0 Å². The molecule has 2 aliphatic rings. The Morgan fingerprint density at radius 3 is 2.08 bits per heavy atom. The maximum Gasteiger partial charge on any atom is 0.232 e. The summed E-state index contributed by atoms with van der Waals surface area (Å²) in [6.07, 6.45) is -1.26. The van der Waals surface area contributed by atoms with Crippen molar-refractivity contribution in [2.24, 2.45) is 0 Å². The molecule has 0 spiro atoms. The number of carbonyl (C=O) groups excluding carboxylic acids is 1. The first-order valence-corrected chi connectivity index (χ1v) is 8.55. The molecule has 0 radical (unpaired) electrons. The molecular weight excluding hydrogens is 318 g/mol. The van der Waals surface area contributed by atoms with Crippen molar-refractivity contribution >= 4 is 5.91 Å². The van der Waals surface area contributed by atoms with Crippen LogP contribution < -0.4 is 5.32 Å². The van der Waals surface area contributed by atoms with E-state index in [0.717, 1.165) is 11.1 Å². The minimum atomic E-state index is -0.619. The highest BCUT2D eigenvalue weighted by Crippen LogP contribution is 2.29. The molecule has 2 aliphatic heterocycles. The van der Waals surface area contributed by atoms with Crippen LogP contribution in [-0.4, -0.2) is 48.6 Å². The zero-order valence-corrected chi connectivity index (χ0v) is 13.7. The number of aliphatic hydroxyl groups is 1. The van der Waals surface area contributed by atoms with Crippen LogP contribution in [-0.2, 0) is 14.3 Å². The molecule has 2 N–H and O–H groups in total. The quantitative estimate of drug-likeness (QED) is 0.885. The lowest BCUT2D eigenvalue weighted by molar-refractivity contribution is -0.123. The SMILES string of the molecule is O=C(N[C@@H]1CO[C@H]2[C@@H]1OC[C@H]2O)C(c1ccccc1)c1ccccc1. The van der Waals surface area contributed by atoms with Crippen molar-refractivity contribution in [3.63, 3.8) is 0 Å². The number of fused-ring (bicyclic) bond motifs is 1. The van der Waals surface area contributed by atoms with Gasteiger partial charge in [0.05, 0.1) is 25.2 Å². The average molecular weight is 339 g/mol. The molecule has 1 amide bonds. The van der Waals surface area contributed by atoms with Gasteiger partial charge in [0, 0.05) is 0 Å². The predicted molar refractivity (Wildman–Crippen MR) is 92.1 cm³/mol. The third kappa shape index (κ3) is 3.18. The predicted octanol–water partition coefficient (Wildman–Crippen LogP) is 1.46. The van der Waals surface area contributed by atoms with E-state index in [9.17, 15) is 9.90 Å². The molecule has 2 saturated heterocycles. The fourth-order valence-electron chi connectivity index (χ4n) is 3.66. The first-order chi connectivity index (χ1) is 12.2. The van der Waals surface area contributed by atoms with E-state index in [4.69, 9.17) is 9.47 Å². The van der Waals surface area contributed by atoms with Gasteiger partial charge in [0.15, 0.2) is 0 Å². The van der Waals surface area contributed by atoms with E-state index in [2.05, 4.69) is 5.32 Å². The fourth-order valence-corrected chi connectivity index (χ4v) is 3.66. The number of rotatable bonds is 4. The first kappa shape index (κ1) is 16.3. The number of nitrogens with one attached hydrogen (secondary N) is 1. The molecule has 0 aromatic heterocycles.